The Morgan fingerprint density at radius 1 is 1.18 bits per heavy atom. The monoisotopic (exact) mass is 349 g/mol. The molecular weight excluding hydrogens is 334 g/mol. The number of aromatic amines is 1. The molecule has 0 amide bonds. The number of hydrogen-bond donors (Lipinski definition) is 1. The van der Waals surface area contributed by atoms with Crippen molar-refractivity contribution < 1.29 is 0 Å². The number of halogens is 1. The van der Waals surface area contributed by atoms with E-state index in [4.69, 9.17) is 11.6 Å². The van der Waals surface area contributed by atoms with E-state index in [9.17, 15) is 4.79 Å². The van der Waals surface area contributed by atoms with Crippen LogP contribution in [-0.4, -0.2) is 10.2 Å². The highest BCUT2D eigenvalue weighted by Gasteiger charge is 2.54. The van der Waals surface area contributed by atoms with Gasteiger partial charge in [0.2, 0.25) is 0 Å². The van der Waals surface area contributed by atoms with Crippen molar-refractivity contribution in [2.45, 2.75) is 35.5 Å². The number of thiazole rings is 1. The van der Waals surface area contributed by atoms with Gasteiger partial charge in [0.15, 0.2) is 0 Å². The van der Waals surface area contributed by atoms with Crippen LogP contribution in [0.2, 0.25) is 5.02 Å². The largest absolute Gasteiger partial charge is 0.307 e. The van der Waals surface area contributed by atoms with E-state index in [1.54, 1.807) is 0 Å². The number of fused-ring (bicyclic) bond motifs is 6. The predicted molar refractivity (Wildman–Crippen MR) is 92.2 cm³/mol. The molecule has 2 bridgehead atoms. The van der Waals surface area contributed by atoms with Gasteiger partial charge >= 0.3 is 4.87 Å². The van der Waals surface area contributed by atoms with Crippen molar-refractivity contribution in [3.63, 3.8) is 0 Å². The molecule has 2 fully saturated rings. The Bertz CT molecular complexity index is 798. The number of nitrogens with one attached hydrogen (secondary N) is 1. The lowest BCUT2D eigenvalue weighted by molar-refractivity contribution is 0.307. The highest BCUT2D eigenvalue weighted by molar-refractivity contribution is 8.00. The molecule has 5 rings (SSSR count). The highest BCUT2D eigenvalue weighted by Crippen LogP contribution is 2.64. The number of aromatic nitrogens is 1. The van der Waals surface area contributed by atoms with Crippen molar-refractivity contribution >= 4 is 34.7 Å². The fourth-order valence-electron chi connectivity index (χ4n) is 4.92. The third-order valence-corrected chi connectivity index (χ3v) is 8.67. The number of H-pyrrole nitrogens is 1. The van der Waals surface area contributed by atoms with Gasteiger partial charge in [0.1, 0.15) is 0 Å². The van der Waals surface area contributed by atoms with Gasteiger partial charge in [-0.2, -0.15) is 0 Å². The number of hydrogen-bond acceptors (Lipinski definition) is 3. The summed E-state index contributed by atoms with van der Waals surface area (Å²) in [4.78, 5) is 16.3. The Morgan fingerprint density at radius 3 is 2.86 bits per heavy atom. The summed E-state index contributed by atoms with van der Waals surface area (Å²) in [5.74, 6) is 2.56. The third kappa shape index (κ3) is 1.84. The van der Waals surface area contributed by atoms with Crippen LogP contribution in [-0.2, 0) is 0 Å². The Labute approximate surface area is 142 Å². The first kappa shape index (κ1) is 13.7. The van der Waals surface area contributed by atoms with Gasteiger partial charge in [-0.25, -0.2) is 0 Å². The number of benzene rings is 1. The molecule has 5 atom stereocenters. The number of thioether (sulfide) groups is 1. The summed E-state index contributed by atoms with van der Waals surface area (Å²) in [6.07, 6.45) is 4.07. The average molecular weight is 350 g/mol. The maximum absolute atomic E-state index is 11.9. The Balaban J connectivity index is 1.72. The second kappa shape index (κ2) is 4.89. The molecule has 0 saturated heterocycles. The lowest BCUT2D eigenvalue weighted by Gasteiger charge is -2.40. The van der Waals surface area contributed by atoms with Crippen LogP contribution in [0.3, 0.4) is 0 Å². The summed E-state index contributed by atoms with van der Waals surface area (Å²) in [5.41, 5.74) is 1.21. The molecule has 5 heteroatoms. The van der Waals surface area contributed by atoms with E-state index in [1.165, 1.54) is 41.0 Å². The quantitative estimate of drug-likeness (QED) is 0.806. The molecule has 0 radical (unpaired) electrons. The van der Waals surface area contributed by atoms with Crippen molar-refractivity contribution in [1.82, 2.24) is 4.98 Å². The molecule has 1 aromatic carbocycles. The van der Waals surface area contributed by atoms with E-state index in [2.05, 4.69) is 17.1 Å². The third-order valence-electron chi connectivity index (χ3n) is 5.71. The molecule has 1 N–H and O–H groups in total. The summed E-state index contributed by atoms with van der Waals surface area (Å²) < 4.78 is 0. The molecule has 114 valence electrons. The molecule has 2 aromatic rings. The second-order valence-electron chi connectivity index (χ2n) is 6.70. The number of rotatable bonds is 1. The Morgan fingerprint density at radius 2 is 2.00 bits per heavy atom. The fraction of sp³-hybridized carbons (Fsp3) is 0.471. The van der Waals surface area contributed by atoms with Crippen LogP contribution in [0.5, 0.6) is 0 Å². The molecule has 22 heavy (non-hydrogen) atoms. The van der Waals surface area contributed by atoms with Crippen LogP contribution in [0.15, 0.2) is 34.1 Å². The molecule has 3 aliphatic rings. The maximum atomic E-state index is 11.9. The second-order valence-corrected chi connectivity index (χ2v) is 9.31. The van der Waals surface area contributed by atoms with E-state index in [-0.39, 0.29) is 4.87 Å². The van der Waals surface area contributed by atoms with Crippen molar-refractivity contribution in [3.05, 3.63) is 49.4 Å². The fourth-order valence-corrected chi connectivity index (χ4v) is 8.06. The van der Waals surface area contributed by atoms with Crippen molar-refractivity contribution in [3.8, 4) is 0 Å². The minimum Gasteiger partial charge on any atom is -0.307 e. The molecule has 0 unspecified atom stereocenters. The molecule has 1 aliphatic heterocycles. The van der Waals surface area contributed by atoms with E-state index < -0.39 is 0 Å². The zero-order valence-electron chi connectivity index (χ0n) is 11.9. The Kier molecular flexibility index (Phi) is 3.05. The van der Waals surface area contributed by atoms with Crippen LogP contribution < -0.4 is 4.87 Å². The van der Waals surface area contributed by atoms with Crippen LogP contribution in [0.1, 0.15) is 35.6 Å². The molecular formula is C17H16ClNOS2. The minimum absolute atomic E-state index is 0.0712. The first-order chi connectivity index (χ1) is 10.7. The minimum atomic E-state index is 0.0712. The lowest BCUT2D eigenvalue weighted by atomic mass is 9.75. The van der Waals surface area contributed by atoms with Crippen LogP contribution in [0.25, 0.3) is 0 Å². The summed E-state index contributed by atoms with van der Waals surface area (Å²) in [6.45, 7) is 0. The van der Waals surface area contributed by atoms with Gasteiger partial charge in [-0.15, -0.1) is 11.8 Å². The summed E-state index contributed by atoms with van der Waals surface area (Å²) in [7, 11) is 0. The van der Waals surface area contributed by atoms with Crippen molar-refractivity contribution in [2.75, 3.05) is 0 Å². The zero-order valence-corrected chi connectivity index (χ0v) is 14.3. The zero-order chi connectivity index (χ0) is 14.8. The van der Waals surface area contributed by atoms with E-state index in [1.807, 2.05) is 23.9 Å². The van der Waals surface area contributed by atoms with Gasteiger partial charge in [0.05, 0.1) is 5.03 Å². The molecule has 2 heterocycles. The van der Waals surface area contributed by atoms with Gasteiger partial charge in [-0.3, -0.25) is 4.79 Å². The first-order valence-corrected chi connectivity index (χ1v) is 9.94. The highest BCUT2D eigenvalue weighted by atomic mass is 35.5. The van der Waals surface area contributed by atoms with Crippen LogP contribution in [0, 0.1) is 17.8 Å². The summed E-state index contributed by atoms with van der Waals surface area (Å²) in [5, 5.41) is 2.60. The van der Waals surface area contributed by atoms with E-state index in [0.29, 0.717) is 17.1 Å². The molecule has 2 nitrogen and oxygen atoms in total. The maximum Gasteiger partial charge on any atom is 0.305 e. The van der Waals surface area contributed by atoms with Crippen molar-refractivity contribution in [1.29, 1.82) is 0 Å². The van der Waals surface area contributed by atoms with Crippen LogP contribution in [0.4, 0.5) is 0 Å². The van der Waals surface area contributed by atoms with Gasteiger partial charge in [0, 0.05) is 21.1 Å². The summed E-state index contributed by atoms with van der Waals surface area (Å²) in [6, 6.07) is 8.19. The normalized spacial score (nSPS) is 35.4. The average Bonchev–Trinajstić information content (AvgIpc) is 3.19. The topological polar surface area (TPSA) is 32.9 Å². The summed E-state index contributed by atoms with van der Waals surface area (Å²) >= 11 is 9.85. The van der Waals surface area contributed by atoms with Gasteiger partial charge in [0.25, 0.3) is 0 Å². The molecule has 0 spiro atoms. The first-order valence-electron chi connectivity index (χ1n) is 7.86. The molecule has 2 saturated carbocycles. The van der Waals surface area contributed by atoms with E-state index in [0.717, 1.165) is 21.9 Å². The predicted octanol–water partition coefficient (Wildman–Crippen LogP) is 4.74. The SMILES string of the molecule is O=c1[nH]c2c(s1)[C@H](c1ccccc1Cl)[C@H]1[C@@H]3CC[C@H](C3)[C@H]1S2. The molecule has 1 aromatic heterocycles. The van der Waals surface area contributed by atoms with Gasteiger partial charge in [-0.05, 0) is 48.6 Å². The van der Waals surface area contributed by atoms with Gasteiger partial charge in [-0.1, -0.05) is 41.1 Å². The standard InChI is InChI=1S/C17H16ClNOS2/c18-11-4-2-1-3-10(11)13-12-8-5-6-9(7-8)14(12)21-16-15(13)22-17(20)19-16/h1-4,8-9,12-14H,5-7H2,(H,19,20)/t8-,9-,12-,13-,14-/m1/s1. The van der Waals surface area contributed by atoms with E-state index >= 15 is 0 Å². The smallest absolute Gasteiger partial charge is 0.305 e. The van der Waals surface area contributed by atoms with Gasteiger partial charge < -0.3 is 4.98 Å². The Hall–Kier alpha value is -0.710. The van der Waals surface area contributed by atoms with Crippen LogP contribution >= 0.6 is 34.7 Å². The van der Waals surface area contributed by atoms with Crippen molar-refractivity contribution in [2.24, 2.45) is 17.8 Å². The molecule has 2 aliphatic carbocycles. The lowest BCUT2D eigenvalue weighted by Crippen LogP contribution is -2.33.